The van der Waals surface area contributed by atoms with Crippen LogP contribution < -0.4 is 14.2 Å². The van der Waals surface area contributed by atoms with Gasteiger partial charge in [0.25, 0.3) is 10.0 Å². The van der Waals surface area contributed by atoms with E-state index >= 15 is 0 Å². The zero-order valence-corrected chi connectivity index (χ0v) is 12.2. The molecule has 0 saturated heterocycles. The number of sulfonamides is 1. The van der Waals surface area contributed by atoms with Crippen molar-refractivity contribution in [3.05, 3.63) is 29.4 Å². The number of hydrogen-bond donors (Lipinski definition) is 2. The van der Waals surface area contributed by atoms with E-state index < -0.39 is 10.0 Å². The lowest BCUT2D eigenvalue weighted by atomic mass is 10.3. The van der Waals surface area contributed by atoms with Crippen LogP contribution in [-0.2, 0) is 10.0 Å². The van der Waals surface area contributed by atoms with Crippen LogP contribution in [0.3, 0.4) is 0 Å². The normalized spacial score (nSPS) is 11.2. The molecular weight excluding hydrogens is 306 g/mol. The van der Waals surface area contributed by atoms with Crippen molar-refractivity contribution >= 4 is 27.3 Å². The Hall–Kier alpha value is -1.93. The molecule has 0 bridgehead atoms. The van der Waals surface area contributed by atoms with E-state index in [1.807, 2.05) is 0 Å². The van der Waals surface area contributed by atoms with Gasteiger partial charge in [0, 0.05) is 6.07 Å². The van der Waals surface area contributed by atoms with Crippen molar-refractivity contribution in [3.8, 4) is 11.5 Å². The Kier molecular flexibility index (Phi) is 4.05. The summed E-state index contributed by atoms with van der Waals surface area (Å²) >= 11 is 5.98. The van der Waals surface area contributed by atoms with Crippen LogP contribution in [0.25, 0.3) is 0 Å². The lowest BCUT2D eigenvalue weighted by Crippen LogP contribution is -2.14. The summed E-state index contributed by atoms with van der Waals surface area (Å²) in [5.41, 5.74) is 0.202. The molecule has 0 saturated carbocycles. The van der Waals surface area contributed by atoms with Gasteiger partial charge in [-0.25, -0.2) is 0 Å². The Labute approximate surface area is 120 Å². The predicted molar refractivity (Wildman–Crippen MR) is 74.0 cm³/mol. The fraction of sp³-hybridized carbons (Fsp3) is 0.182. The SMILES string of the molecule is COc1cc(OC)c(NS(=O)(=O)c2ccn[nH]2)cc1Cl. The van der Waals surface area contributed by atoms with E-state index in [4.69, 9.17) is 21.1 Å². The molecular formula is C11H12ClN3O4S. The highest BCUT2D eigenvalue weighted by Crippen LogP contribution is 2.36. The van der Waals surface area contributed by atoms with Crippen LogP contribution >= 0.6 is 11.6 Å². The molecule has 9 heteroatoms. The second-order valence-electron chi connectivity index (χ2n) is 3.71. The van der Waals surface area contributed by atoms with Crippen molar-refractivity contribution in [1.82, 2.24) is 10.2 Å². The number of ether oxygens (including phenoxy) is 2. The van der Waals surface area contributed by atoms with Gasteiger partial charge in [0.2, 0.25) is 0 Å². The molecule has 1 aromatic heterocycles. The van der Waals surface area contributed by atoms with Crippen LogP contribution in [0.5, 0.6) is 11.5 Å². The van der Waals surface area contributed by atoms with E-state index in [0.717, 1.165) is 0 Å². The minimum atomic E-state index is -3.79. The Morgan fingerprint density at radius 2 is 1.95 bits per heavy atom. The average molecular weight is 318 g/mol. The third-order valence-corrected chi connectivity index (χ3v) is 4.07. The van der Waals surface area contributed by atoms with Crippen LogP contribution in [0, 0.1) is 0 Å². The van der Waals surface area contributed by atoms with Gasteiger partial charge in [0.1, 0.15) is 11.5 Å². The molecule has 0 aliphatic heterocycles. The molecule has 0 atom stereocenters. The molecule has 0 aliphatic carbocycles. The lowest BCUT2D eigenvalue weighted by molar-refractivity contribution is 0.396. The van der Waals surface area contributed by atoms with E-state index in [1.54, 1.807) is 0 Å². The first kappa shape index (κ1) is 14.5. The van der Waals surface area contributed by atoms with Crippen molar-refractivity contribution in [1.29, 1.82) is 0 Å². The molecule has 2 aromatic rings. The zero-order valence-electron chi connectivity index (χ0n) is 10.7. The maximum absolute atomic E-state index is 12.1. The van der Waals surface area contributed by atoms with Crippen molar-refractivity contribution < 1.29 is 17.9 Å². The number of aromatic nitrogens is 2. The first-order valence-electron chi connectivity index (χ1n) is 5.41. The van der Waals surface area contributed by atoms with Crippen molar-refractivity contribution in [2.24, 2.45) is 0 Å². The number of H-pyrrole nitrogens is 1. The molecule has 0 aliphatic rings. The van der Waals surface area contributed by atoms with Gasteiger partial charge >= 0.3 is 0 Å². The summed E-state index contributed by atoms with van der Waals surface area (Å²) < 4.78 is 36.7. The fourth-order valence-corrected chi connectivity index (χ4v) is 2.75. The minimum Gasteiger partial charge on any atom is -0.495 e. The molecule has 20 heavy (non-hydrogen) atoms. The minimum absolute atomic E-state index is 0.0634. The summed E-state index contributed by atoms with van der Waals surface area (Å²) in [7, 11) is -0.920. The molecule has 2 rings (SSSR count). The highest BCUT2D eigenvalue weighted by molar-refractivity contribution is 7.92. The monoisotopic (exact) mass is 317 g/mol. The standard InChI is InChI=1S/C11H12ClN3O4S/c1-18-9-6-10(19-2)8(5-7(9)12)15-20(16,17)11-3-4-13-14-11/h3-6,15H,1-2H3,(H,13,14). The Morgan fingerprint density at radius 1 is 1.25 bits per heavy atom. The van der Waals surface area contributed by atoms with Gasteiger partial charge in [-0.05, 0) is 12.1 Å². The first-order valence-corrected chi connectivity index (χ1v) is 7.27. The van der Waals surface area contributed by atoms with Crippen LogP contribution in [0.1, 0.15) is 0 Å². The third kappa shape index (κ3) is 2.81. The number of nitrogens with one attached hydrogen (secondary N) is 2. The second-order valence-corrected chi connectivity index (χ2v) is 5.77. The van der Waals surface area contributed by atoms with Gasteiger partial charge in [-0.15, -0.1) is 0 Å². The largest absolute Gasteiger partial charge is 0.495 e. The topological polar surface area (TPSA) is 93.3 Å². The quantitative estimate of drug-likeness (QED) is 0.878. The molecule has 7 nitrogen and oxygen atoms in total. The van der Waals surface area contributed by atoms with E-state index in [9.17, 15) is 8.42 Å². The van der Waals surface area contributed by atoms with Crippen LogP contribution in [0.15, 0.2) is 29.4 Å². The van der Waals surface area contributed by atoms with Gasteiger partial charge in [0.05, 0.1) is 31.1 Å². The predicted octanol–water partition coefficient (Wildman–Crippen LogP) is 1.88. The zero-order chi connectivity index (χ0) is 14.8. The fourth-order valence-electron chi connectivity index (χ4n) is 1.53. The Bertz CT molecular complexity index is 701. The highest BCUT2D eigenvalue weighted by atomic mass is 35.5. The number of methoxy groups -OCH3 is 2. The van der Waals surface area contributed by atoms with Crippen LogP contribution in [0.2, 0.25) is 5.02 Å². The van der Waals surface area contributed by atoms with Gasteiger partial charge in [-0.1, -0.05) is 11.6 Å². The summed E-state index contributed by atoms with van der Waals surface area (Å²) in [6.45, 7) is 0. The highest BCUT2D eigenvalue weighted by Gasteiger charge is 2.19. The Balaban J connectivity index is 2.41. The lowest BCUT2D eigenvalue weighted by Gasteiger charge is -2.13. The molecule has 0 amide bonds. The number of nitrogens with zero attached hydrogens (tertiary/aromatic N) is 1. The average Bonchev–Trinajstić information content (AvgIpc) is 2.93. The molecule has 0 unspecified atom stereocenters. The van der Waals surface area contributed by atoms with Crippen molar-refractivity contribution in [2.75, 3.05) is 18.9 Å². The van der Waals surface area contributed by atoms with Crippen molar-refractivity contribution in [3.63, 3.8) is 0 Å². The summed E-state index contributed by atoms with van der Waals surface area (Å²) in [6, 6.07) is 4.24. The van der Waals surface area contributed by atoms with E-state index in [1.165, 1.54) is 38.6 Å². The summed E-state index contributed by atoms with van der Waals surface area (Å²) in [5, 5.41) is 6.17. The molecule has 2 N–H and O–H groups in total. The Morgan fingerprint density at radius 3 is 2.50 bits per heavy atom. The number of hydrogen-bond acceptors (Lipinski definition) is 5. The third-order valence-electron chi connectivity index (χ3n) is 2.48. The van der Waals surface area contributed by atoms with Crippen LogP contribution in [0.4, 0.5) is 5.69 Å². The van der Waals surface area contributed by atoms with Gasteiger partial charge < -0.3 is 9.47 Å². The number of rotatable bonds is 5. The number of anilines is 1. The van der Waals surface area contributed by atoms with Gasteiger partial charge in [-0.3, -0.25) is 9.82 Å². The molecule has 1 heterocycles. The molecule has 1 aromatic carbocycles. The van der Waals surface area contributed by atoms with E-state index in [0.29, 0.717) is 5.75 Å². The summed E-state index contributed by atoms with van der Waals surface area (Å²) in [5.74, 6) is 0.669. The number of halogens is 1. The molecule has 0 spiro atoms. The van der Waals surface area contributed by atoms with E-state index in [2.05, 4.69) is 14.9 Å². The second kappa shape index (κ2) is 5.59. The molecule has 0 fully saturated rings. The maximum atomic E-state index is 12.1. The first-order chi connectivity index (χ1) is 9.47. The van der Waals surface area contributed by atoms with Gasteiger partial charge in [-0.2, -0.15) is 13.5 Å². The smallest absolute Gasteiger partial charge is 0.278 e. The summed E-state index contributed by atoms with van der Waals surface area (Å²) in [4.78, 5) is 0. The number of aromatic amines is 1. The maximum Gasteiger partial charge on any atom is 0.278 e. The van der Waals surface area contributed by atoms with Crippen LogP contribution in [-0.4, -0.2) is 32.8 Å². The molecule has 108 valence electrons. The molecule has 0 radical (unpaired) electrons. The van der Waals surface area contributed by atoms with E-state index in [-0.39, 0.29) is 21.5 Å². The van der Waals surface area contributed by atoms with Gasteiger partial charge in [0.15, 0.2) is 5.03 Å². The van der Waals surface area contributed by atoms with Crippen molar-refractivity contribution in [2.45, 2.75) is 5.03 Å². The number of benzene rings is 1. The summed E-state index contributed by atoms with van der Waals surface area (Å²) in [6.07, 6.45) is 1.34.